The van der Waals surface area contributed by atoms with Gasteiger partial charge in [0.05, 0.1) is 13.7 Å². The lowest BCUT2D eigenvalue weighted by atomic mass is 10.2. The average molecular weight is 401 g/mol. The quantitative estimate of drug-likeness (QED) is 0.540. The van der Waals surface area contributed by atoms with E-state index in [2.05, 4.69) is 24.1 Å². The van der Waals surface area contributed by atoms with Crippen LogP contribution in [0.4, 0.5) is 4.79 Å². The second-order valence-electron chi connectivity index (χ2n) is 6.63. The maximum Gasteiger partial charge on any atom is 0.407 e. The van der Waals surface area contributed by atoms with Gasteiger partial charge in [-0.15, -0.1) is 0 Å². The zero-order valence-electron chi connectivity index (χ0n) is 17.6. The van der Waals surface area contributed by atoms with E-state index in [1.165, 1.54) is 0 Å². The molecule has 6 nitrogen and oxygen atoms in total. The Morgan fingerprint density at radius 1 is 1.00 bits per heavy atom. The molecule has 0 heterocycles. The second kappa shape index (κ2) is 12.7. The molecule has 0 saturated carbocycles. The molecule has 0 aliphatic heterocycles. The van der Waals surface area contributed by atoms with Crippen LogP contribution in [-0.4, -0.2) is 44.3 Å². The molecule has 29 heavy (non-hydrogen) atoms. The van der Waals surface area contributed by atoms with Crippen molar-refractivity contribution in [2.24, 2.45) is 0 Å². The zero-order valence-corrected chi connectivity index (χ0v) is 17.6. The fraction of sp³-hybridized carbons (Fsp3) is 0.435. The molecule has 2 rings (SSSR count). The first-order valence-corrected chi connectivity index (χ1v) is 10.1. The number of hydrogen-bond donors (Lipinski definition) is 1. The Balaban J connectivity index is 1.81. The number of benzene rings is 2. The highest BCUT2D eigenvalue weighted by molar-refractivity contribution is 5.67. The van der Waals surface area contributed by atoms with E-state index in [1.807, 2.05) is 48.5 Å². The van der Waals surface area contributed by atoms with Gasteiger partial charge in [-0.2, -0.15) is 0 Å². The van der Waals surface area contributed by atoms with Gasteiger partial charge in [-0.25, -0.2) is 4.79 Å². The van der Waals surface area contributed by atoms with Gasteiger partial charge in [0.25, 0.3) is 0 Å². The molecular formula is C23H32N2O4. The van der Waals surface area contributed by atoms with Crippen molar-refractivity contribution in [3.63, 3.8) is 0 Å². The molecule has 1 N–H and O–H groups in total. The molecule has 0 radical (unpaired) electrons. The van der Waals surface area contributed by atoms with Gasteiger partial charge in [0.1, 0.15) is 6.61 Å². The molecule has 0 aliphatic carbocycles. The van der Waals surface area contributed by atoms with E-state index in [-0.39, 0.29) is 6.61 Å². The van der Waals surface area contributed by atoms with E-state index in [0.717, 1.165) is 37.2 Å². The minimum absolute atomic E-state index is 0.246. The molecule has 0 aromatic heterocycles. The Kier molecular flexibility index (Phi) is 9.86. The SMILES string of the molecule is CCN(CC)CCCOc1cc(CNC(=O)OCc2ccccc2)ccc1OC. The summed E-state index contributed by atoms with van der Waals surface area (Å²) in [6.45, 7) is 8.63. The number of nitrogens with one attached hydrogen (secondary N) is 1. The average Bonchev–Trinajstić information content (AvgIpc) is 2.77. The van der Waals surface area contributed by atoms with Crippen LogP contribution in [0, 0.1) is 0 Å². The van der Waals surface area contributed by atoms with E-state index in [9.17, 15) is 4.79 Å². The number of nitrogens with zero attached hydrogens (tertiary/aromatic N) is 1. The standard InChI is InChI=1S/C23H32N2O4/c1-4-25(5-2)14-9-15-28-22-16-20(12-13-21(22)27-3)17-24-23(26)29-18-19-10-7-6-8-11-19/h6-8,10-13,16H,4-5,9,14-15,17-18H2,1-3H3,(H,24,26). The number of methoxy groups -OCH3 is 1. The summed E-state index contributed by atoms with van der Waals surface area (Å²) in [5.41, 5.74) is 1.87. The Labute approximate surface area is 173 Å². The highest BCUT2D eigenvalue weighted by Crippen LogP contribution is 2.28. The van der Waals surface area contributed by atoms with Gasteiger partial charge in [-0.05, 0) is 42.8 Å². The van der Waals surface area contributed by atoms with Crippen molar-refractivity contribution < 1.29 is 19.0 Å². The van der Waals surface area contributed by atoms with Gasteiger partial charge in [-0.3, -0.25) is 0 Å². The summed E-state index contributed by atoms with van der Waals surface area (Å²) in [5.74, 6) is 1.37. The normalized spacial score (nSPS) is 10.6. The van der Waals surface area contributed by atoms with Crippen molar-refractivity contribution in [1.82, 2.24) is 10.2 Å². The molecule has 0 atom stereocenters. The van der Waals surface area contributed by atoms with Crippen molar-refractivity contribution in [3.05, 3.63) is 59.7 Å². The van der Waals surface area contributed by atoms with Crippen molar-refractivity contribution in [2.75, 3.05) is 33.4 Å². The van der Waals surface area contributed by atoms with Crippen molar-refractivity contribution in [3.8, 4) is 11.5 Å². The molecule has 6 heteroatoms. The lowest BCUT2D eigenvalue weighted by Gasteiger charge is -2.18. The molecule has 0 unspecified atom stereocenters. The van der Waals surface area contributed by atoms with Gasteiger partial charge < -0.3 is 24.4 Å². The first-order valence-electron chi connectivity index (χ1n) is 10.1. The third kappa shape index (κ3) is 8.03. The minimum Gasteiger partial charge on any atom is -0.493 e. The third-order valence-corrected chi connectivity index (χ3v) is 4.65. The number of rotatable bonds is 12. The van der Waals surface area contributed by atoms with Gasteiger partial charge >= 0.3 is 6.09 Å². The molecule has 0 bridgehead atoms. The van der Waals surface area contributed by atoms with E-state index in [4.69, 9.17) is 14.2 Å². The summed E-state index contributed by atoms with van der Waals surface area (Å²) < 4.78 is 16.5. The first kappa shape index (κ1) is 22.6. The maximum atomic E-state index is 11.9. The van der Waals surface area contributed by atoms with Gasteiger partial charge in [0.15, 0.2) is 11.5 Å². The van der Waals surface area contributed by atoms with Crippen LogP contribution >= 0.6 is 0 Å². The molecule has 2 aromatic carbocycles. The minimum atomic E-state index is -0.452. The fourth-order valence-electron chi connectivity index (χ4n) is 2.90. The third-order valence-electron chi connectivity index (χ3n) is 4.65. The molecule has 0 aliphatic rings. The van der Waals surface area contributed by atoms with E-state index in [0.29, 0.717) is 24.7 Å². The number of amides is 1. The Hall–Kier alpha value is -2.73. The largest absolute Gasteiger partial charge is 0.493 e. The van der Waals surface area contributed by atoms with Crippen molar-refractivity contribution in [1.29, 1.82) is 0 Å². The van der Waals surface area contributed by atoms with Crippen LogP contribution in [0.15, 0.2) is 48.5 Å². The number of carbonyl (C=O) groups excluding carboxylic acids is 1. The summed E-state index contributed by atoms with van der Waals surface area (Å²) in [5, 5.41) is 2.77. The molecular weight excluding hydrogens is 368 g/mol. The Morgan fingerprint density at radius 2 is 1.76 bits per heavy atom. The van der Waals surface area contributed by atoms with Crippen molar-refractivity contribution >= 4 is 6.09 Å². The Morgan fingerprint density at radius 3 is 2.45 bits per heavy atom. The molecule has 0 saturated heterocycles. The lowest BCUT2D eigenvalue weighted by Crippen LogP contribution is -2.25. The molecule has 1 amide bonds. The topological polar surface area (TPSA) is 60.0 Å². The fourth-order valence-corrected chi connectivity index (χ4v) is 2.90. The van der Waals surface area contributed by atoms with Crippen LogP contribution in [0.1, 0.15) is 31.4 Å². The van der Waals surface area contributed by atoms with Gasteiger partial charge in [0.2, 0.25) is 0 Å². The summed E-state index contributed by atoms with van der Waals surface area (Å²) in [7, 11) is 1.62. The first-order chi connectivity index (χ1) is 14.2. The smallest absolute Gasteiger partial charge is 0.407 e. The summed E-state index contributed by atoms with van der Waals surface area (Å²) in [6, 6.07) is 15.2. The van der Waals surface area contributed by atoms with Gasteiger partial charge in [0, 0.05) is 13.1 Å². The summed E-state index contributed by atoms with van der Waals surface area (Å²) in [6.07, 6.45) is 0.491. The molecule has 2 aromatic rings. The van der Waals surface area contributed by atoms with Crippen LogP contribution in [0.3, 0.4) is 0 Å². The molecule has 0 spiro atoms. The molecule has 158 valence electrons. The summed E-state index contributed by atoms with van der Waals surface area (Å²) >= 11 is 0. The van der Waals surface area contributed by atoms with Crippen LogP contribution in [-0.2, 0) is 17.9 Å². The zero-order chi connectivity index (χ0) is 20.9. The van der Waals surface area contributed by atoms with Gasteiger partial charge in [-0.1, -0.05) is 50.2 Å². The molecule has 0 fully saturated rings. The summed E-state index contributed by atoms with van der Waals surface area (Å²) in [4.78, 5) is 14.3. The van der Waals surface area contributed by atoms with Crippen LogP contribution in [0.25, 0.3) is 0 Å². The van der Waals surface area contributed by atoms with Crippen LogP contribution in [0.5, 0.6) is 11.5 Å². The van der Waals surface area contributed by atoms with Crippen LogP contribution < -0.4 is 14.8 Å². The monoisotopic (exact) mass is 400 g/mol. The number of hydrogen-bond acceptors (Lipinski definition) is 5. The second-order valence-corrected chi connectivity index (χ2v) is 6.63. The lowest BCUT2D eigenvalue weighted by molar-refractivity contribution is 0.139. The van der Waals surface area contributed by atoms with Crippen molar-refractivity contribution in [2.45, 2.75) is 33.4 Å². The maximum absolute atomic E-state index is 11.9. The van der Waals surface area contributed by atoms with E-state index >= 15 is 0 Å². The number of alkyl carbamates (subject to hydrolysis) is 1. The number of ether oxygens (including phenoxy) is 3. The number of carbonyl (C=O) groups is 1. The predicted molar refractivity (Wildman–Crippen MR) is 114 cm³/mol. The highest BCUT2D eigenvalue weighted by atomic mass is 16.5. The highest BCUT2D eigenvalue weighted by Gasteiger charge is 2.08. The Bertz CT molecular complexity index is 733. The predicted octanol–water partition coefficient (Wildman–Crippen LogP) is 4.23. The van der Waals surface area contributed by atoms with E-state index in [1.54, 1.807) is 7.11 Å². The van der Waals surface area contributed by atoms with Crippen LogP contribution in [0.2, 0.25) is 0 Å². The van der Waals surface area contributed by atoms with E-state index < -0.39 is 6.09 Å².